The molecule has 5 aromatic rings. The SMILES string of the molecule is CCC(C)n1cnn(-c2ccc(N3CCN(c4ccc(OCC5COC(CSc6ncnn6C)(c6ccc(F)cc6)O5)cc4)CC3)cc2)c1=O. The number of anilines is 2. The van der Waals surface area contributed by atoms with E-state index in [1.165, 1.54) is 34.9 Å². The Kier molecular flexibility index (Phi) is 9.92. The van der Waals surface area contributed by atoms with Gasteiger partial charge in [0.1, 0.15) is 36.9 Å². The summed E-state index contributed by atoms with van der Waals surface area (Å²) in [4.78, 5) is 21.8. The minimum atomic E-state index is -1.07. The topological polar surface area (TPSA) is 105 Å². The highest BCUT2D eigenvalue weighted by atomic mass is 32.2. The molecule has 4 heterocycles. The lowest BCUT2D eigenvalue weighted by Gasteiger charge is -2.37. The van der Waals surface area contributed by atoms with Crippen molar-refractivity contribution in [3.05, 3.63) is 107 Å². The molecule has 0 amide bonds. The van der Waals surface area contributed by atoms with Gasteiger partial charge in [-0.2, -0.15) is 14.9 Å². The van der Waals surface area contributed by atoms with Crippen LogP contribution in [0, 0.1) is 5.82 Å². The van der Waals surface area contributed by atoms with Gasteiger partial charge in [-0.05, 0) is 74.0 Å². The Hall–Kier alpha value is -4.66. The number of aromatic nitrogens is 6. The zero-order valence-corrected chi connectivity index (χ0v) is 29.2. The van der Waals surface area contributed by atoms with Crippen molar-refractivity contribution in [3.63, 3.8) is 0 Å². The Labute approximate surface area is 294 Å². The van der Waals surface area contributed by atoms with Crippen LogP contribution in [0.3, 0.4) is 0 Å². The number of piperazine rings is 1. The predicted molar refractivity (Wildman–Crippen MR) is 190 cm³/mol. The molecule has 0 spiro atoms. The molecular formula is C36H41FN8O4S. The molecule has 50 heavy (non-hydrogen) atoms. The van der Waals surface area contributed by atoms with Gasteiger partial charge in [-0.25, -0.2) is 18.9 Å². The quantitative estimate of drug-likeness (QED) is 0.165. The van der Waals surface area contributed by atoms with E-state index in [0.717, 1.165) is 66.1 Å². The van der Waals surface area contributed by atoms with Crippen LogP contribution in [0.5, 0.6) is 5.75 Å². The summed E-state index contributed by atoms with van der Waals surface area (Å²) in [5, 5.41) is 9.19. The fourth-order valence-electron chi connectivity index (χ4n) is 6.20. The maximum atomic E-state index is 13.7. The number of halogens is 1. The number of hydrogen-bond donors (Lipinski definition) is 0. The monoisotopic (exact) mass is 700 g/mol. The lowest BCUT2D eigenvalue weighted by atomic mass is 10.1. The molecule has 3 unspecified atom stereocenters. The van der Waals surface area contributed by atoms with Gasteiger partial charge in [0, 0.05) is 56.2 Å². The number of ether oxygens (including phenoxy) is 3. The zero-order chi connectivity index (χ0) is 34.7. The van der Waals surface area contributed by atoms with Crippen LogP contribution in [0.2, 0.25) is 0 Å². The minimum Gasteiger partial charge on any atom is -0.491 e. The first-order valence-corrected chi connectivity index (χ1v) is 17.8. The molecule has 0 aliphatic carbocycles. The predicted octanol–water partition coefficient (Wildman–Crippen LogP) is 5.04. The number of aryl methyl sites for hydroxylation is 1. The standard InChI is InChI=1S/C36H41FN8O4S/c1-4-26(2)44-25-40-45(35(44)46)31-11-9-29(10-12-31)42-17-19-43(20-18-42)30-13-15-32(16-14-30)47-21-33-22-48-36(49-33,27-5-7-28(37)8-6-27)23-50-34-38-24-39-41(34)3/h5-16,24-26,33H,4,17-23H2,1-3H3. The number of hydrogen-bond acceptors (Lipinski definition) is 10. The molecule has 14 heteroatoms. The van der Waals surface area contributed by atoms with E-state index < -0.39 is 5.79 Å². The van der Waals surface area contributed by atoms with Crippen LogP contribution in [0.1, 0.15) is 31.9 Å². The summed E-state index contributed by atoms with van der Waals surface area (Å²) in [6.45, 7) is 8.24. The summed E-state index contributed by atoms with van der Waals surface area (Å²) < 4.78 is 37.4. The third kappa shape index (κ3) is 7.14. The van der Waals surface area contributed by atoms with Gasteiger partial charge in [0.2, 0.25) is 5.79 Å². The van der Waals surface area contributed by atoms with E-state index in [4.69, 9.17) is 14.2 Å². The van der Waals surface area contributed by atoms with Crippen LogP contribution in [-0.2, 0) is 22.3 Å². The highest BCUT2D eigenvalue weighted by Gasteiger charge is 2.44. The van der Waals surface area contributed by atoms with Gasteiger partial charge in [0.25, 0.3) is 0 Å². The number of thioether (sulfide) groups is 1. The highest BCUT2D eigenvalue weighted by molar-refractivity contribution is 7.99. The van der Waals surface area contributed by atoms with Crippen LogP contribution in [0.15, 0.2) is 95.4 Å². The molecular weight excluding hydrogens is 660 g/mol. The first kappa shape index (κ1) is 33.8. The van der Waals surface area contributed by atoms with Gasteiger partial charge in [0.05, 0.1) is 18.0 Å². The van der Waals surface area contributed by atoms with Crippen molar-refractivity contribution < 1.29 is 18.6 Å². The van der Waals surface area contributed by atoms with Gasteiger partial charge in [-0.1, -0.05) is 30.8 Å². The van der Waals surface area contributed by atoms with Crippen molar-refractivity contribution in [1.82, 2.24) is 29.1 Å². The molecule has 7 rings (SSSR count). The first-order valence-electron chi connectivity index (χ1n) is 16.9. The van der Waals surface area contributed by atoms with Gasteiger partial charge in [-0.15, -0.1) is 0 Å². The summed E-state index contributed by atoms with van der Waals surface area (Å²) in [5.41, 5.74) is 3.64. The molecule has 3 aromatic carbocycles. The Morgan fingerprint density at radius 1 is 0.940 bits per heavy atom. The van der Waals surface area contributed by atoms with Crippen molar-refractivity contribution in [1.29, 1.82) is 0 Å². The minimum absolute atomic E-state index is 0.111. The molecule has 0 saturated carbocycles. The van der Waals surface area contributed by atoms with Gasteiger partial charge in [-0.3, -0.25) is 4.57 Å². The second-order valence-electron chi connectivity index (χ2n) is 12.6. The Morgan fingerprint density at radius 3 is 2.20 bits per heavy atom. The molecule has 12 nitrogen and oxygen atoms in total. The third-order valence-corrected chi connectivity index (χ3v) is 10.5. The molecule has 2 aromatic heterocycles. The number of nitrogens with zero attached hydrogens (tertiary/aromatic N) is 8. The van der Waals surface area contributed by atoms with Gasteiger partial charge in [0.15, 0.2) is 5.16 Å². The zero-order valence-electron chi connectivity index (χ0n) is 28.4. The smallest absolute Gasteiger partial charge is 0.350 e. The molecule has 0 bridgehead atoms. The molecule has 2 aliphatic rings. The van der Waals surface area contributed by atoms with Crippen LogP contribution in [0.4, 0.5) is 15.8 Å². The van der Waals surface area contributed by atoms with Crippen LogP contribution >= 0.6 is 11.8 Å². The Morgan fingerprint density at radius 2 is 1.58 bits per heavy atom. The van der Waals surface area contributed by atoms with E-state index in [9.17, 15) is 9.18 Å². The van der Waals surface area contributed by atoms with E-state index in [-0.39, 0.29) is 23.7 Å². The van der Waals surface area contributed by atoms with E-state index in [0.29, 0.717) is 19.0 Å². The van der Waals surface area contributed by atoms with Crippen LogP contribution in [0.25, 0.3) is 5.69 Å². The molecule has 0 radical (unpaired) electrons. The Bertz CT molecular complexity index is 1920. The summed E-state index contributed by atoms with van der Waals surface area (Å²) in [6.07, 6.45) is 3.68. The van der Waals surface area contributed by atoms with Gasteiger partial charge < -0.3 is 24.0 Å². The maximum absolute atomic E-state index is 13.7. The van der Waals surface area contributed by atoms with Crippen molar-refractivity contribution in [2.24, 2.45) is 7.05 Å². The normalized spacial score (nSPS) is 20.0. The Balaban J connectivity index is 0.914. The van der Waals surface area contributed by atoms with Crippen LogP contribution < -0.4 is 20.2 Å². The van der Waals surface area contributed by atoms with Crippen molar-refractivity contribution >= 4 is 23.1 Å². The molecule has 0 N–H and O–H groups in total. The molecule has 2 aliphatic heterocycles. The summed E-state index contributed by atoms with van der Waals surface area (Å²) in [6, 6.07) is 22.5. The average Bonchev–Trinajstić information content (AvgIpc) is 3.88. The van der Waals surface area contributed by atoms with E-state index in [1.807, 2.05) is 38.2 Å². The van der Waals surface area contributed by atoms with Crippen LogP contribution in [-0.4, -0.2) is 80.4 Å². The molecule has 262 valence electrons. The largest absolute Gasteiger partial charge is 0.491 e. The highest BCUT2D eigenvalue weighted by Crippen LogP contribution is 2.39. The fraction of sp³-hybridized carbons (Fsp3) is 0.389. The summed E-state index contributed by atoms with van der Waals surface area (Å²) in [7, 11) is 1.83. The van der Waals surface area contributed by atoms with E-state index in [2.05, 4.69) is 56.2 Å². The third-order valence-electron chi connectivity index (χ3n) is 9.34. The average molecular weight is 701 g/mol. The maximum Gasteiger partial charge on any atom is 0.350 e. The lowest BCUT2D eigenvalue weighted by Crippen LogP contribution is -2.46. The number of rotatable bonds is 12. The summed E-state index contributed by atoms with van der Waals surface area (Å²) in [5.74, 6) is -0.221. The van der Waals surface area contributed by atoms with Gasteiger partial charge >= 0.3 is 5.69 Å². The van der Waals surface area contributed by atoms with E-state index >= 15 is 0 Å². The van der Waals surface area contributed by atoms with Crippen molar-refractivity contribution in [2.45, 2.75) is 43.4 Å². The first-order chi connectivity index (χ1) is 24.3. The van der Waals surface area contributed by atoms with E-state index in [1.54, 1.807) is 27.7 Å². The summed E-state index contributed by atoms with van der Waals surface area (Å²) >= 11 is 1.46. The lowest BCUT2D eigenvalue weighted by molar-refractivity contribution is -0.160. The molecule has 3 atom stereocenters. The molecule has 2 fully saturated rings. The number of benzene rings is 3. The molecule has 2 saturated heterocycles. The van der Waals surface area contributed by atoms with Crippen molar-refractivity contribution in [3.8, 4) is 11.4 Å². The second kappa shape index (κ2) is 14.7. The fourth-order valence-corrected chi connectivity index (χ4v) is 7.19. The second-order valence-corrected chi connectivity index (χ2v) is 13.5. The van der Waals surface area contributed by atoms with Crippen molar-refractivity contribution in [2.75, 3.05) is 54.9 Å².